The van der Waals surface area contributed by atoms with E-state index in [0.29, 0.717) is 6.54 Å². The molecule has 0 aliphatic carbocycles. The molecule has 15 heavy (non-hydrogen) atoms. The highest BCUT2D eigenvalue weighted by Crippen LogP contribution is 2.30. The van der Waals surface area contributed by atoms with Crippen LogP contribution in [0.3, 0.4) is 0 Å². The van der Waals surface area contributed by atoms with Crippen LogP contribution >= 0.6 is 27.3 Å². The lowest BCUT2D eigenvalue weighted by Crippen LogP contribution is -1.94. The lowest BCUT2D eigenvalue weighted by Gasteiger charge is -2.00. The Morgan fingerprint density at radius 1 is 1.40 bits per heavy atom. The molecule has 0 aliphatic heterocycles. The zero-order valence-corrected chi connectivity index (χ0v) is 10.6. The van der Waals surface area contributed by atoms with E-state index in [0.717, 1.165) is 20.1 Å². The minimum Gasteiger partial charge on any atom is -0.324 e. The van der Waals surface area contributed by atoms with Gasteiger partial charge in [0.2, 0.25) is 0 Å². The molecule has 2 N–H and O–H groups in total. The van der Waals surface area contributed by atoms with Gasteiger partial charge in [0.05, 0.1) is 0 Å². The number of nitrogens with two attached hydrogens (primary N) is 1. The van der Waals surface area contributed by atoms with E-state index in [2.05, 4.69) is 45.2 Å². The third kappa shape index (κ3) is 2.25. The predicted molar refractivity (Wildman–Crippen MR) is 65.7 cm³/mol. The number of hydrogen-bond donors (Lipinski definition) is 1. The van der Waals surface area contributed by atoms with Crippen LogP contribution in [-0.4, -0.2) is 10.2 Å². The lowest BCUT2D eigenvalue weighted by molar-refractivity contribution is 0.960. The molecule has 0 unspecified atom stereocenters. The SMILES string of the molecule is Cc1ccc(-c2nnc(CN)s2)c(Br)c1. The highest BCUT2D eigenvalue weighted by Gasteiger charge is 2.08. The zero-order valence-electron chi connectivity index (χ0n) is 8.20. The number of hydrogen-bond acceptors (Lipinski definition) is 4. The molecule has 1 aromatic heterocycles. The first-order valence-corrected chi connectivity index (χ1v) is 6.10. The van der Waals surface area contributed by atoms with Crippen molar-refractivity contribution in [3.05, 3.63) is 33.2 Å². The minimum atomic E-state index is 0.446. The Morgan fingerprint density at radius 2 is 2.20 bits per heavy atom. The fourth-order valence-electron chi connectivity index (χ4n) is 1.24. The van der Waals surface area contributed by atoms with Crippen molar-refractivity contribution in [2.45, 2.75) is 13.5 Å². The van der Waals surface area contributed by atoms with Crippen LogP contribution in [0.5, 0.6) is 0 Å². The molecule has 0 fully saturated rings. The maximum absolute atomic E-state index is 5.50. The van der Waals surface area contributed by atoms with Crippen molar-refractivity contribution >= 4 is 27.3 Å². The maximum Gasteiger partial charge on any atom is 0.148 e. The van der Waals surface area contributed by atoms with Crippen molar-refractivity contribution in [2.24, 2.45) is 5.73 Å². The summed E-state index contributed by atoms with van der Waals surface area (Å²) in [7, 11) is 0. The van der Waals surface area contributed by atoms with Crippen molar-refractivity contribution in [3.8, 4) is 10.6 Å². The normalized spacial score (nSPS) is 10.6. The van der Waals surface area contributed by atoms with Crippen LogP contribution in [-0.2, 0) is 6.54 Å². The quantitative estimate of drug-likeness (QED) is 0.922. The summed E-state index contributed by atoms with van der Waals surface area (Å²) in [6.07, 6.45) is 0. The second-order valence-corrected chi connectivity index (χ2v) is 5.10. The molecule has 0 aliphatic rings. The summed E-state index contributed by atoms with van der Waals surface area (Å²) < 4.78 is 1.04. The zero-order chi connectivity index (χ0) is 10.8. The number of aryl methyl sites for hydroxylation is 1. The Hall–Kier alpha value is -0.780. The van der Waals surface area contributed by atoms with Gasteiger partial charge in [-0.2, -0.15) is 0 Å². The number of aromatic nitrogens is 2. The van der Waals surface area contributed by atoms with Gasteiger partial charge in [-0.15, -0.1) is 10.2 Å². The van der Waals surface area contributed by atoms with Gasteiger partial charge in [0.25, 0.3) is 0 Å². The third-order valence-corrected chi connectivity index (χ3v) is 3.63. The monoisotopic (exact) mass is 283 g/mol. The van der Waals surface area contributed by atoms with Gasteiger partial charge in [-0.05, 0) is 18.6 Å². The number of nitrogens with zero attached hydrogens (tertiary/aromatic N) is 2. The molecule has 0 bridgehead atoms. The third-order valence-electron chi connectivity index (χ3n) is 2.00. The molecule has 0 saturated carbocycles. The molecular formula is C10H10BrN3S. The summed E-state index contributed by atoms with van der Waals surface area (Å²) in [5, 5.41) is 9.87. The van der Waals surface area contributed by atoms with E-state index in [-0.39, 0.29) is 0 Å². The highest BCUT2D eigenvalue weighted by atomic mass is 79.9. The van der Waals surface area contributed by atoms with Gasteiger partial charge in [0, 0.05) is 16.6 Å². The van der Waals surface area contributed by atoms with Gasteiger partial charge in [0.1, 0.15) is 10.0 Å². The van der Waals surface area contributed by atoms with Gasteiger partial charge in [-0.1, -0.05) is 39.4 Å². The summed E-state index contributed by atoms with van der Waals surface area (Å²) in [6, 6.07) is 6.17. The van der Waals surface area contributed by atoms with E-state index in [4.69, 9.17) is 5.73 Å². The van der Waals surface area contributed by atoms with E-state index in [1.807, 2.05) is 6.07 Å². The standard InChI is InChI=1S/C10H10BrN3S/c1-6-2-3-7(8(11)4-6)10-14-13-9(5-12)15-10/h2-4H,5,12H2,1H3. The number of rotatable bonds is 2. The van der Waals surface area contributed by atoms with Crippen LogP contribution in [0, 0.1) is 6.92 Å². The highest BCUT2D eigenvalue weighted by molar-refractivity contribution is 9.10. The number of benzene rings is 1. The minimum absolute atomic E-state index is 0.446. The molecular weight excluding hydrogens is 274 g/mol. The van der Waals surface area contributed by atoms with Crippen molar-refractivity contribution in [1.82, 2.24) is 10.2 Å². The van der Waals surface area contributed by atoms with Crippen molar-refractivity contribution in [2.75, 3.05) is 0 Å². The Labute approximate surface area is 100 Å². The molecule has 0 spiro atoms. The summed E-state index contributed by atoms with van der Waals surface area (Å²) >= 11 is 5.05. The summed E-state index contributed by atoms with van der Waals surface area (Å²) in [6.45, 7) is 2.50. The second kappa shape index (κ2) is 4.38. The molecule has 0 amide bonds. The lowest BCUT2D eigenvalue weighted by atomic mass is 10.2. The molecule has 2 aromatic rings. The largest absolute Gasteiger partial charge is 0.324 e. The van der Waals surface area contributed by atoms with E-state index in [1.54, 1.807) is 0 Å². The van der Waals surface area contributed by atoms with E-state index in [9.17, 15) is 0 Å². The molecule has 0 saturated heterocycles. The van der Waals surface area contributed by atoms with Crippen molar-refractivity contribution in [3.63, 3.8) is 0 Å². The molecule has 0 atom stereocenters. The molecule has 78 valence electrons. The van der Waals surface area contributed by atoms with E-state index < -0.39 is 0 Å². The summed E-state index contributed by atoms with van der Waals surface area (Å²) in [5.41, 5.74) is 7.78. The van der Waals surface area contributed by atoms with Crippen LogP contribution in [0.25, 0.3) is 10.6 Å². The Balaban J connectivity index is 2.44. The van der Waals surface area contributed by atoms with Crippen molar-refractivity contribution < 1.29 is 0 Å². The van der Waals surface area contributed by atoms with Gasteiger partial charge in [-0.25, -0.2) is 0 Å². The van der Waals surface area contributed by atoms with Crippen LogP contribution in [0.2, 0.25) is 0 Å². The fraction of sp³-hybridized carbons (Fsp3) is 0.200. The molecule has 1 aromatic carbocycles. The Morgan fingerprint density at radius 3 is 2.80 bits per heavy atom. The molecule has 2 rings (SSSR count). The second-order valence-electron chi connectivity index (χ2n) is 3.19. The topological polar surface area (TPSA) is 51.8 Å². The predicted octanol–water partition coefficient (Wildman–Crippen LogP) is 2.73. The van der Waals surface area contributed by atoms with Gasteiger partial charge < -0.3 is 5.73 Å². The van der Waals surface area contributed by atoms with Gasteiger partial charge >= 0.3 is 0 Å². The summed E-state index contributed by atoms with van der Waals surface area (Å²) in [5.74, 6) is 0. The van der Waals surface area contributed by atoms with Crippen molar-refractivity contribution in [1.29, 1.82) is 0 Å². The smallest absolute Gasteiger partial charge is 0.148 e. The average molecular weight is 284 g/mol. The first-order valence-electron chi connectivity index (χ1n) is 4.49. The Kier molecular flexibility index (Phi) is 3.14. The van der Waals surface area contributed by atoms with Crippen LogP contribution < -0.4 is 5.73 Å². The van der Waals surface area contributed by atoms with Gasteiger partial charge in [0.15, 0.2) is 0 Å². The fourth-order valence-corrected chi connectivity index (χ4v) is 2.81. The molecule has 5 heteroatoms. The van der Waals surface area contributed by atoms with E-state index >= 15 is 0 Å². The first kappa shape index (κ1) is 10.7. The first-order chi connectivity index (χ1) is 7.20. The van der Waals surface area contributed by atoms with Crippen LogP contribution in [0.1, 0.15) is 10.6 Å². The number of halogens is 1. The molecule has 1 heterocycles. The van der Waals surface area contributed by atoms with Crippen LogP contribution in [0.4, 0.5) is 0 Å². The maximum atomic E-state index is 5.50. The van der Waals surface area contributed by atoms with Crippen LogP contribution in [0.15, 0.2) is 22.7 Å². The van der Waals surface area contributed by atoms with Gasteiger partial charge in [-0.3, -0.25) is 0 Å². The Bertz CT molecular complexity index is 481. The summed E-state index contributed by atoms with van der Waals surface area (Å²) in [4.78, 5) is 0. The molecule has 0 radical (unpaired) electrons. The van der Waals surface area contributed by atoms with E-state index in [1.165, 1.54) is 16.9 Å². The average Bonchev–Trinajstić information content (AvgIpc) is 2.66. The molecule has 3 nitrogen and oxygen atoms in total.